The van der Waals surface area contributed by atoms with Crippen molar-refractivity contribution in [2.75, 3.05) is 0 Å². The van der Waals surface area contributed by atoms with E-state index in [2.05, 4.69) is 0 Å². The molecule has 0 N–H and O–H groups in total. The average Bonchev–Trinajstić information content (AvgIpc) is 0. The van der Waals surface area contributed by atoms with Crippen molar-refractivity contribution in [1.82, 2.24) is 0 Å². The fourth-order valence-corrected chi connectivity index (χ4v) is 0. The minimum absolute atomic E-state index is 0. The zero-order valence-corrected chi connectivity index (χ0v) is 34.2. The molecule has 0 atom stereocenters. The van der Waals surface area contributed by atoms with Crippen molar-refractivity contribution in [3.8, 4) is 0 Å². The second-order valence-electron chi connectivity index (χ2n) is 0. The van der Waals surface area contributed by atoms with E-state index in [0.717, 1.165) is 0 Å². The number of hydrogen-bond donors (Lipinski definition) is 0. The zero-order valence-electron chi connectivity index (χ0n) is 7.78. The zero-order chi connectivity index (χ0) is 0. The summed E-state index contributed by atoms with van der Waals surface area (Å²) < 4.78 is 0. The van der Waals surface area contributed by atoms with Crippen LogP contribution < -0.4 is 0 Å². The van der Waals surface area contributed by atoms with Gasteiger partial charge in [-0.15, -0.1) is 0 Å². The molecule has 0 saturated heterocycles. The Morgan fingerprint density at radius 2 is 0.182 bits per heavy atom. The maximum atomic E-state index is 0. The largest absolute Gasteiger partial charge is 0 e. The third-order valence-corrected chi connectivity index (χ3v) is 0. The Labute approximate surface area is 223 Å². The van der Waals surface area contributed by atoms with E-state index < -0.39 is 0 Å². The molecule has 0 rings (SSSR count). The second-order valence-corrected chi connectivity index (χ2v) is 0. The molecular formula is Mg4Zn7. The standard InChI is InChI=1S/4Mg.7Zn. The average molecular weight is 555 g/mol. The van der Waals surface area contributed by atoms with Gasteiger partial charge in [-0.2, -0.15) is 0 Å². The molecule has 0 saturated carbocycles. The first-order valence-electron chi connectivity index (χ1n) is 0. The van der Waals surface area contributed by atoms with Gasteiger partial charge in [0.05, 0.1) is 0 Å². The monoisotopic (exact) mass is 543 g/mol. The van der Waals surface area contributed by atoms with E-state index in [0.29, 0.717) is 0 Å². The number of hydrogen-bond acceptors (Lipinski definition) is 0. The molecule has 22 valence electrons. The first-order chi connectivity index (χ1) is 0. The molecule has 0 fully saturated rings. The van der Waals surface area contributed by atoms with Crippen molar-refractivity contribution >= 4 is 92.2 Å². The van der Waals surface area contributed by atoms with Crippen LogP contribution in [-0.2, 0) is 136 Å². The molecule has 0 aromatic heterocycles. The van der Waals surface area contributed by atoms with Gasteiger partial charge in [0, 0.05) is 229 Å². The van der Waals surface area contributed by atoms with Crippen LogP contribution >= 0.6 is 0 Å². The Morgan fingerprint density at radius 1 is 0.182 bits per heavy atom. The van der Waals surface area contributed by atoms with Gasteiger partial charge < -0.3 is 0 Å². The molecule has 8 radical (unpaired) electrons. The predicted octanol–water partition coefficient (Wildman–Crippen LogP) is -1.54. The maximum Gasteiger partial charge on any atom is 0 e. The van der Waals surface area contributed by atoms with Crippen molar-refractivity contribution in [3.05, 3.63) is 0 Å². The Kier molecular flexibility index (Phi) is 786. The molecule has 0 spiro atoms. The first kappa shape index (κ1) is 101. The smallest absolute Gasteiger partial charge is 0 e. The van der Waals surface area contributed by atoms with Gasteiger partial charge in [0.25, 0.3) is 0 Å². The van der Waals surface area contributed by atoms with Crippen LogP contribution in [0.4, 0.5) is 0 Å². The molecule has 11 heteroatoms. The molecule has 0 aliphatic carbocycles. The van der Waals surface area contributed by atoms with Gasteiger partial charge in [-0.3, -0.25) is 0 Å². The van der Waals surface area contributed by atoms with Crippen molar-refractivity contribution in [2.24, 2.45) is 0 Å². The normalized spacial score (nSPS) is 0. The van der Waals surface area contributed by atoms with Crippen LogP contribution in [0.1, 0.15) is 0 Å². The minimum Gasteiger partial charge on any atom is 0 e. The summed E-state index contributed by atoms with van der Waals surface area (Å²) in [5.74, 6) is 0. The second kappa shape index (κ2) is 85.2. The molecule has 11 heavy (non-hydrogen) atoms. The maximum absolute atomic E-state index is 0. The predicted molar refractivity (Wildman–Crippen MR) is 23.0 cm³/mol. The molecular weight excluding hydrogens is 555 g/mol. The van der Waals surface area contributed by atoms with Gasteiger partial charge in [0.15, 0.2) is 0 Å². The fraction of sp³-hybridized carbons (Fsp3) is 0. The first-order valence-corrected chi connectivity index (χ1v) is 0. The van der Waals surface area contributed by atoms with Gasteiger partial charge in [0.1, 0.15) is 0 Å². The Bertz CT molecular complexity index is 10.4. The van der Waals surface area contributed by atoms with Crippen LogP contribution in [0.15, 0.2) is 0 Å². The molecule has 0 heterocycles. The summed E-state index contributed by atoms with van der Waals surface area (Å²) in [5, 5.41) is 0. The third-order valence-electron chi connectivity index (χ3n) is 0. The van der Waals surface area contributed by atoms with Crippen LogP contribution in [-0.4, -0.2) is 92.2 Å². The SMILES string of the molecule is [Mg].[Mg].[Mg].[Mg].[Zn].[Zn].[Zn].[Zn].[Zn].[Zn].[Zn]. The summed E-state index contributed by atoms with van der Waals surface area (Å²) in [4.78, 5) is 0. The van der Waals surface area contributed by atoms with Crippen molar-refractivity contribution in [2.45, 2.75) is 0 Å². The minimum atomic E-state index is 0. The molecule has 0 bridgehead atoms. The van der Waals surface area contributed by atoms with Gasteiger partial charge in [-0.05, 0) is 0 Å². The molecule has 0 aliphatic heterocycles. The van der Waals surface area contributed by atoms with Crippen LogP contribution in [0.5, 0.6) is 0 Å². The summed E-state index contributed by atoms with van der Waals surface area (Å²) in [6.07, 6.45) is 0. The summed E-state index contributed by atoms with van der Waals surface area (Å²) in [7, 11) is 0. The van der Waals surface area contributed by atoms with E-state index in [-0.39, 0.29) is 229 Å². The van der Waals surface area contributed by atoms with Gasteiger partial charge >= 0.3 is 0 Å². The van der Waals surface area contributed by atoms with Crippen LogP contribution in [0.25, 0.3) is 0 Å². The van der Waals surface area contributed by atoms with Crippen molar-refractivity contribution in [1.29, 1.82) is 0 Å². The number of rotatable bonds is 0. The molecule has 0 nitrogen and oxygen atoms in total. The summed E-state index contributed by atoms with van der Waals surface area (Å²) in [6.45, 7) is 0. The molecule has 0 aliphatic rings. The Hall–Kier alpha value is 7.43. The topological polar surface area (TPSA) is 0 Å². The Balaban J connectivity index is 0. The molecule has 0 unspecified atom stereocenters. The fourth-order valence-electron chi connectivity index (χ4n) is 0. The van der Waals surface area contributed by atoms with Crippen molar-refractivity contribution < 1.29 is 136 Å². The quantitative estimate of drug-likeness (QED) is 0.319. The molecule has 0 aromatic carbocycles. The van der Waals surface area contributed by atoms with E-state index in [4.69, 9.17) is 0 Å². The van der Waals surface area contributed by atoms with Crippen LogP contribution in [0.2, 0.25) is 0 Å². The van der Waals surface area contributed by atoms with E-state index >= 15 is 0 Å². The summed E-state index contributed by atoms with van der Waals surface area (Å²) in [5.41, 5.74) is 0. The summed E-state index contributed by atoms with van der Waals surface area (Å²) in [6, 6.07) is 0. The van der Waals surface area contributed by atoms with Gasteiger partial charge in [-0.1, -0.05) is 0 Å². The van der Waals surface area contributed by atoms with E-state index in [1.165, 1.54) is 0 Å². The van der Waals surface area contributed by atoms with Crippen molar-refractivity contribution in [3.63, 3.8) is 0 Å². The molecule has 0 aromatic rings. The third kappa shape index (κ3) is 75.2. The van der Waals surface area contributed by atoms with Crippen LogP contribution in [0, 0.1) is 0 Å². The van der Waals surface area contributed by atoms with E-state index in [9.17, 15) is 0 Å². The molecule has 0 amide bonds. The van der Waals surface area contributed by atoms with E-state index in [1.54, 1.807) is 0 Å². The summed E-state index contributed by atoms with van der Waals surface area (Å²) >= 11 is 0. The Morgan fingerprint density at radius 3 is 0.182 bits per heavy atom. The van der Waals surface area contributed by atoms with E-state index in [1.807, 2.05) is 0 Å². The van der Waals surface area contributed by atoms with Gasteiger partial charge in [-0.25, -0.2) is 0 Å². The van der Waals surface area contributed by atoms with Crippen LogP contribution in [0.3, 0.4) is 0 Å². The van der Waals surface area contributed by atoms with Gasteiger partial charge in [0.2, 0.25) is 0 Å².